The van der Waals surface area contributed by atoms with Gasteiger partial charge in [0.25, 0.3) is 21.6 Å². The number of hydrazone groups is 1. The van der Waals surface area contributed by atoms with Crippen LogP contribution in [0.15, 0.2) is 107 Å². The maximum absolute atomic E-state index is 13.8. The highest BCUT2D eigenvalue weighted by atomic mass is 32.2. The van der Waals surface area contributed by atoms with Crippen LogP contribution in [0.3, 0.4) is 0 Å². The van der Waals surface area contributed by atoms with Crippen LogP contribution in [0, 0.1) is 15.9 Å². The van der Waals surface area contributed by atoms with E-state index >= 15 is 0 Å². The summed E-state index contributed by atoms with van der Waals surface area (Å²) in [5.74, 6) is -1.08. The van der Waals surface area contributed by atoms with Crippen molar-refractivity contribution in [2.24, 2.45) is 5.10 Å². The second kappa shape index (κ2) is 11.8. The second-order valence-corrected chi connectivity index (χ2v) is 11.7. The van der Waals surface area contributed by atoms with E-state index in [1.165, 1.54) is 77.2 Å². The van der Waals surface area contributed by atoms with E-state index in [2.05, 4.69) is 10.1 Å². The van der Waals surface area contributed by atoms with Crippen molar-refractivity contribution in [3.8, 4) is 0 Å². The summed E-state index contributed by atoms with van der Waals surface area (Å²) in [6.07, 6.45) is 1.34. The largest absolute Gasteiger partial charge is 0.280 e. The first-order valence-electron chi connectivity index (χ1n) is 12.5. The molecule has 212 valence electrons. The number of halogens is 1. The van der Waals surface area contributed by atoms with Gasteiger partial charge >= 0.3 is 0 Å². The van der Waals surface area contributed by atoms with Gasteiger partial charge in [-0.05, 0) is 79.2 Å². The summed E-state index contributed by atoms with van der Waals surface area (Å²) >= 11 is 1.04. The van der Waals surface area contributed by atoms with Crippen molar-refractivity contribution in [3.05, 3.63) is 124 Å². The van der Waals surface area contributed by atoms with E-state index in [-0.39, 0.29) is 27.8 Å². The van der Waals surface area contributed by atoms with Crippen LogP contribution >= 0.6 is 11.3 Å². The molecule has 0 saturated heterocycles. The highest BCUT2D eigenvalue weighted by molar-refractivity contribution is 7.92. The number of para-hydroxylation sites is 1. The smallest absolute Gasteiger partial charge is 0.267 e. The van der Waals surface area contributed by atoms with Gasteiger partial charge in [0.1, 0.15) is 5.82 Å². The van der Waals surface area contributed by atoms with E-state index in [4.69, 9.17) is 0 Å². The van der Waals surface area contributed by atoms with Gasteiger partial charge < -0.3 is 0 Å². The van der Waals surface area contributed by atoms with Crippen LogP contribution in [0.5, 0.6) is 0 Å². The Morgan fingerprint density at radius 3 is 2.36 bits per heavy atom. The molecule has 1 amide bonds. The van der Waals surface area contributed by atoms with E-state index in [9.17, 15) is 27.7 Å². The molecule has 42 heavy (non-hydrogen) atoms. The number of fused-ring (bicyclic) bond motifs is 1. The SMILES string of the molecule is CCN(c1ccccc1)S(=O)(=O)c1ccc(C(=O)N(/N=C/c2ccc([N+](=O)[O-])cc2)c2nc3ccc(F)cc3s2)cc1. The number of nitro benzene ring substituents is 1. The fourth-order valence-corrected chi connectivity index (χ4v) is 6.50. The van der Waals surface area contributed by atoms with Crippen molar-refractivity contribution in [1.29, 1.82) is 0 Å². The summed E-state index contributed by atoms with van der Waals surface area (Å²) in [4.78, 5) is 28.6. The summed E-state index contributed by atoms with van der Waals surface area (Å²) in [6.45, 7) is 1.93. The number of carbonyl (C=O) groups is 1. The van der Waals surface area contributed by atoms with Gasteiger partial charge in [0.05, 0.1) is 31.9 Å². The number of benzene rings is 4. The van der Waals surface area contributed by atoms with Crippen molar-refractivity contribution >= 4 is 60.2 Å². The maximum Gasteiger partial charge on any atom is 0.280 e. The number of carbonyl (C=O) groups excluding carboxylic acids is 1. The fourth-order valence-electron chi connectivity index (χ4n) is 4.08. The Balaban J connectivity index is 1.48. The van der Waals surface area contributed by atoms with Gasteiger partial charge in [0.15, 0.2) is 0 Å². The molecule has 0 fully saturated rings. The van der Waals surface area contributed by atoms with E-state index in [1.807, 2.05) is 0 Å². The molecule has 0 aliphatic carbocycles. The lowest BCUT2D eigenvalue weighted by atomic mass is 10.2. The summed E-state index contributed by atoms with van der Waals surface area (Å²) in [5.41, 5.74) is 1.48. The second-order valence-electron chi connectivity index (χ2n) is 8.85. The summed E-state index contributed by atoms with van der Waals surface area (Å²) in [6, 6.07) is 23.8. The Morgan fingerprint density at radius 2 is 1.71 bits per heavy atom. The molecule has 13 heteroatoms. The third kappa shape index (κ3) is 5.87. The van der Waals surface area contributed by atoms with Crippen LogP contribution in [0.4, 0.5) is 20.9 Å². The normalized spacial score (nSPS) is 11.6. The van der Waals surface area contributed by atoms with Crippen molar-refractivity contribution < 1.29 is 22.5 Å². The molecule has 5 rings (SSSR count). The number of hydrogen-bond acceptors (Lipinski definition) is 8. The lowest BCUT2D eigenvalue weighted by Gasteiger charge is -2.23. The Kier molecular flexibility index (Phi) is 8.04. The Morgan fingerprint density at radius 1 is 1.02 bits per heavy atom. The number of hydrogen-bond donors (Lipinski definition) is 0. The molecule has 5 aromatic rings. The Labute approximate surface area is 244 Å². The predicted octanol–water partition coefficient (Wildman–Crippen LogP) is 6.24. The minimum absolute atomic E-state index is 0.00106. The van der Waals surface area contributed by atoms with E-state index in [1.54, 1.807) is 37.3 Å². The summed E-state index contributed by atoms with van der Waals surface area (Å²) < 4.78 is 42.3. The molecule has 0 saturated carbocycles. The molecular formula is C29H22FN5O5S2. The Hall–Kier alpha value is -5.01. The number of amides is 1. The van der Waals surface area contributed by atoms with E-state index in [0.29, 0.717) is 21.5 Å². The van der Waals surface area contributed by atoms with Gasteiger partial charge in [-0.2, -0.15) is 10.1 Å². The van der Waals surface area contributed by atoms with E-state index < -0.39 is 26.7 Å². The maximum atomic E-state index is 13.8. The molecule has 0 bridgehead atoms. The predicted molar refractivity (Wildman–Crippen MR) is 160 cm³/mol. The number of rotatable bonds is 9. The number of thiazole rings is 1. The zero-order valence-corrected chi connectivity index (χ0v) is 23.6. The fraction of sp³-hybridized carbons (Fsp3) is 0.0690. The molecule has 10 nitrogen and oxygen atoms in total. The Bertz CT molecular complexity index is 1900. The molecule has 0 N–H and O–H groups in total. The van der Waals surface area contributed by atoms with Gasteiger partial charge in [-0.3, -0.25) is 19.2 Å². The van der Waals surface area contributed by atoms with Crippen LogP contribution in [0.1, 0.15) is 22.8 Å². The topological polar surface area (TPSA) is 126 Å². The van der Waals surface area contributed by atoms with Crippen LogP contribution in [-0.4, -0.2) is 37.0 Å². The van der Waals surface area contributed by atoms with Gasteiger partial charge in [-0.15, -0.1) is 0 Å². The molecule has 0 spiro atoms. The number of nitro groups is 1. The number of sulfonamides is 1. The van der Waals surface area contributed by atoms with Crippen molar-refractivity contribution in [2.45, 2.75) is 11.8 Å². The van der Waals surface area contributed by atoms with Gasteiger partial charge in [0, 0.05) is 24.2 Å². The standard InChI is InChI=1S/C29H22FN5O5S2/c1-2-33(23-6-4-3-5-7-23)42(39,40)25-15-10-21(11-16-25)28(36)34(29-32-26-17-12-22(30)18-27(26)41-29)31-19-20-8-13-24(14-9-20)35(37)38/h3-19H,2H2,1H3/b31-19+. The monoisotopic (exact) mass is 603 g/mol. The van der Waals surface area contributed by atoms with Gasteiger partial charge in [-0.1, -0.05) is 29.5 Å². The third-order valence-electron chi connectivity index (χ3n) is 6.16. The zero-order valence-electron chi connectivity index (χ0n) is 22.0. The minimum atomic E-state index is -3.91. The van der Waals surface area contributed by atoms with Crippen molar-refractivity contribution in [3.63, 3.8) is 0 Å². The highest BCUT2D eigenvalue weighted by Gasteiger charge is 2.26. The molecule has 0 aliphatic rings. The van der Waals surface area contributed by atoms with Gasteiger partial charge in [0.2, 0.25) is 5.13 Å². The number of non-ortho nitro benzene ring substituents is 1. The molecular weight excluding hydrogens is 581 g/mol. The van der Waals surface area contributed by atoms with Gasteiger partial charge in [-0.25, -0.2) is 17.8 Å². The lowest BCUT2D eigenvalue weighted by Crippen LogP contribution is -2.31. The first-order valence-corrected chi connectivity index (χ1v) is 14.8. The van der Waals surface area contributed by atoms with Crippen LogP contribution in [-0.2, 0) is 10.0 Å². The van der Waals surface area contributed by atoms with Crippen LogP contribution < -0.4 is 9.31 Å². The van der Waals surface area contributed by atoms with Crippen LogP contribution in [0.2, 0.25) is 0 Å². The minimum Gasteiger partial charge on any atom is -0.267 e. The highest BCUT2D eigenvalue weighted by Crippen LogP contribution is 2.31. The summed E-state index contributed by atoms with van der Waals surface area (Å²) in [5, 5.41) is 16.5. The van der Waals surface area contributed by atoms with Crippen molar-refractivity contribution in [1.82, 2.24) is 4.98 Å². The molecule has 1 aromatic heterocycles. The third-order valence-corrected chi connectivity index (χ3v) is 9.07. The number of anilines is 2. The average molecular weight is 604 g/mol. The molecule has 0 unspecified atom stereocenters. The number of aromatic nitrogens is 1. The first-order chi connectivity index (χ1) is 20.2. The quantitative estimate of drug-likeness (QED) is 0.112. The molecule has 1 heterocycles. The zero-order chi connectivity index (χ0) is 29.9. The average Bonchev–Trinajstić information content (AvgIpc) is 3.41. The molecule has 4 aromatic carbocycles. The van der Waals surface area contributed by atoms with Crippen LogP contribution in [0.25, 0.3) is 10.2 Å². The lowest BCUT2D eigenvalue weighted by molar-refractivity contribution is -0.384. The molecule has 0 radical (unpaired) electrons. The van der Waals surface area contributed by atoms with E-state index in [0.717, 1.165) is 16.3 Å². The first kappa shape index (κ1) is 28.5. The number of nitrogens with zero attached hydrogens (tertiary/aromatic N) is 5. The summed E-state index contributed by atoms with van der Waals surface area (Å²) in [7, 11) is -3.91. The molecule has 0 aliphatic heterocycles. The van der Waals surface area contributed by atoms with Crippen molar-refractivity contribution in [2.75, 3.05) is 15.9 Å². The molecule has 0 atom stereocenters.